The summed E-state index contributed by atoms with van der Waals surface area (Å²) in [6.45, 7) is 2.75. The van der Waals surface area contributed by atoms with Crippen LogP contribution in [-0.2, 0) is 15.9 Å². The van der Waals surface area contributed by atoms with Crippen molar-refractivity contribution in [3.63, 3.8) is 0 Å². The Morgan fingerprint density at radius 3 is 2.65 bits per heavy atom. The summed E-state index contributed by atoms with van der Waals surface area (Å²) in [5.41, 5.74) is 1.28. The highest BCUT2D eigenvalue weighted by molar-refractivity contribution is 6.44. The summed E-state index contributed by atoms with van der Waals surface area (Å²) in [5.74, 6) is 0. The van der Waals surface area contributed by atoms with Crippen molar-refractivity contribution in [3.8, 4) is 0 Å². The van der Waals surface area contributed by atoms with Crippen molar-refractivity contribution in [2.75, 3.05) is 26.4 Å². The van der Waals surface area contributed by atoms with Gasteiger partial charge in [0.2, 0.25) is 0 Å². The zero-order chi connectivity index (χ0) is 14.2. The second-order valence-electron chi connectivity index (χ2n) is 4.91. The molecule has 1 aliphatic heterocycles. The lowest BCUT2D eigenvalue weighted by molar-refractivity contribution is -0.101. The third-order valence-electron chi connectivity index (χ3n) is 3.36. The Kier molecular flexibility index (Phi) is 7.11. The van der Waals surface area contributed by atoms with Crippen LogP contribution in [0.25, 0.3) is 0 Å². The zero-order valence-electron chi connectivity index (χ0n) is 11.4. The van der Waals surface area contributed by atoms with E-state index in [0.717, 1.165) is 19.4 Å². The maximum absolute atomic E-state index is 5.82. The topological polar surface area (TPSA) is 30.5 Å². The first-order valence-corrected chi connectivity index (χ1v) is 7.88. The normalized spacial score (nSPS) is 21.1. The minimum atomic E-state index is -0.330. The van der Waals surface area contributed by atoms with Crippen molar-refractivity contribution in [2.45, 2.75) is 29.8 Å². The number of nitrogens with one attached hydrogen (secondary N) is 1. The molecular formula is C15H21Cl2NO2. The van der Waals surface area contributed by atoms with Gasteiger partial charge in [0.05, 0.1) is 25.9 Å². The molecular weight excluding hydrogens is 297 g/mol. The molecule has 5 heteroatoms. The van der Waals surface area contributed by atoms with Gasteiger partial charge < -0.3 is 14.8 Å². The molecule has 1 aromatic carbocycles. The fourth-order valence-electron chi connectivity index (χ4n) is 2.32. The Hall–Kier alpha value is -0.320. The molecule has 1 aliphatic rings. The molecule has 112 valence electrons. The van der Waals surface area contributed by atoms with Crippen LogP contribution in [0.4, 0.5) is 0 Å². The molecule has 0 saturated carbocycles. The summed E-state index contributed by atoms with van der Waals surface area (Å²) < 4.78 is 11.3. The molecule has 1 saturated heterocycles. The van der Waals surface area contributed by atoms with Gasteiger partial charge in [0, 0.05) is 6.04 Å². The van der Waals surface area contributed by atoms with E-state index < -0.39 is 0 Å². The second-order valence-corrected chi connectivity index (χ2v) is 6.19. The van der Waals surface area contributed by atoms with Gasteiger partial charge in [0.25, 0.3) is 0 Å². The van der Waals surface area contributed by atoms with Crippen molar-refractivity contribution in [3.05, 3.63) is 35.9 Å². The van der Waals surface area contributed by atoms with Gasteiger partial charge in [-0.3, -0.25) is 0 Å². The zero-order valence-corrected chi connectivity index (χ0v) is 12.9. The molecule has 0 spiro atoms. The molecule has 2 rings (SSSR count). The van der Waals surface area contributed by atoms with Gasteiger partial charge in [0.1, 0.15) is 4.84 Å². The summed E-state index contributed by atoms with van der Waals surface area (Å²) >= 11 is 11.6. The lowest BCUT2D eigenvalue weighted by Gasteiger charge is -2.31. The first-order valence-electron chi connectivity index (χ1n) is 7.00. The minimum Gasteiger partial charge on any atom is -0.376 e. The Morgan fingerprint density at radius 2 is 2.00 bits per heavy atom. The predicted octanol–water partition coefficient (Wildman–Crippen LogP) is 2.80. The number of alkyl halides is 2. The van der Waals surface area contributed by atoms with Crippen molar-refractivity contribution in [1.82, 2.24) is 5.32 Å². The largest absolute Gasteiger partial charge is 0.376 e. The molecule has 0 amide bonds. The van der Waals surface area contributed by atoms with E-state index in [-0.39, 0.29) is 17.0 Å². The smallest absolute Gasteiger partial charge is 0.109 e. The third-order valence-corrected chi connectivity index (χ3v) is 3.79. The summed E-state index contributed by atoms with van der Waals surface area (Å²) in [7, 11) is 0. The molecule has 1 heterocycles. The molecule has 1 N–H and O–H groups in total. The highest BCUT2D eigenvalue weighted by Crippen LogP contribution is 2.13. The molecule has 0 radical (unpaired) electrons. The Labute approximate surface area is 130 Å². The van der Waals surface area contributed by atoms with Crippen LogP contribution >= 0.6 is 23.2 Å². The summed E-state index contributed by atoms with van der Waals surface area (Å²) in [6.07, 6.45) is 1.71. The van der Waals surface area contributed by atoms with Crippen molar-refractivity contribution >= 4 is 23.2 Å². The number of hydrogen-bond donors (Lipinski definition) is 1. The minimum absolute atomic E-state index is 0.0769. The highest BCUT2D eigenvalue weighted by atomic mass is 35.5. The molecule has 2 unspecified atom stereocenters. The van der Waals surface area contributed by atoms with Crippen LogP contribution in [0.5, 0.6) is 0 Å². The first-order chi connectivity index (χ1) is 9.75. The Balaban J connectivity index is 1.91. The maximum atomic E-state index is 5.82. The van der Waals surface area contributed by atoms with Gasteiger partial charge in [-0.1, -0.05) is 30.3 Å². The highest BCUT2D eigenvalue weighted by Gasteiger charge is 2.25. The lowest BCUT2D eigenvalue weighted by Crippen LogP contribution is -2.48. The average molecular weight is 318 g/mol. The summed E-state index contributed by atoms with van der Waals surface area (Å²) in [6, 6.07) is 10.6. The van der Waals surface area contributed by atoms with E-state index in [1.165, 1.54) is 5.56 Å². The van der Waals surface area contributed by atoms with Gasteiger partial charge in [-0.05, 0) is 24.9 Å². The monoisotopic (exact) mass is 317 g/mol. The van der Waals surface area contributed by atoms with E-state index >= 15 is 0 Å². The summed E-state index contributed by atoms with van der Waals surface area (Å²) in [4.78, 5) is -0.330. The molecule has 0 bridgehead atoms. The van der Waals surface area contributed by atoms with E-state index in [0.29, 0.717) is 19.8 Å². The van der Waals surface area contributed by atoms with Crippen LogP contribution < -0.4 is 5.32 Å². The number of rotatable bonds is 7. The fourth-order valence-corrected chi connectivity index (χ4v) is 2.54. The molecule has 2 atom stereocenters. The quantitative estimate of drug-likeness (QED) is 0.784. The molecule has 3 nitrogen and oxygen atoms in total. The SMILES string of the molecule is ClC(Cl)CCNC(Cc1ccccc1)C1COCCO1. The van der Waals surface area contributed by atoms with Gasteiger partial charge in [-0.2, -0.15) is 0 Å². The molecule has 20 heavy (non-hydrogen) atoms. The molecule has 1 aromatic rings. The maximum Gasteiger partial charge on any atom is 0.109 e. The molecule has 0 aliphatic carbocycles. The van der Waals surface area contributed by atoms with Crippen molar-refractivity contribution < 1.29 is 9.47 Å². The van der Waals surface area contributed by atoms with Gasteiger partial charge in [-0.15, -0.1) is 23.2 Å². The van der Waals surface area contributed by atoms with E-state index in [1.54, 1.807) is 0 Å². The van der Waals surface area contributed by atoms with Gasteiger partial charge in [-0.25, -0.2) is 0 Å². The average Bonchev–Trinajstić information content (AvgIpc) is 2.48. The molecule has 1 fully saturated rings. The third kappa shape index (κ3) is 5.58. The second kappa shape index (κ2) is 8.85. The van der Waals surface area contributed by atoms with E-state index in [2.05, 4.69) is 29.6 Å². The Morgan fingerprint density at radius 1 is 1.20 bits per heavy atom. The van der Waals surface area contributed by atoms with Gasteiger partial charge >= 0.3 is 0 Å². The van der Waals surface area contributed by atoms with Crippen LogP contribution in [0.15, 0.2) is 30.3 Å². The van der Waals surface area contributed by atoms with Crippen LogP contribution in [0.2, 0.25) is 0 Å². The van der Waals surface area contributed by atoms with Crippen LogP contribution in [-0.4, -0.2) is 43.3 Å². The summed E-state index contributed by atoms with van der Waals surface area (Å²) in [5, 5.41) is 3.50. The van der Waals surface area contributed by atoms with Gasteiger partial charge in [0.15, 0.2) is 0 Å². The first kappa shape index (κ1) is 16.1. The number of halogens is 2. The number of hydrogen-bond acceptors (Lipinski definition) is 3. The van der Waals surface area contributed by atoms with E-state index in [9.17, 15) is 0 Å². The van der Waals surface area contributed by atoms with Crippen LogP contribution in [0, 0.1) is 0 Å². The van der Waals surface area contributed by atoms with Crippen molar-refractivity contribution in [1.29, 1.82) is 0 Å². The Bertz CT molecular complexity index is 369. The fraction of sp³-hybridized carbons (Fsp3) is 0.600. The van der Waals surface area contributed by atoms with Crippen LogP contribution in [0.1, 0.15) is 12.0 Å². The van der Waals surface area contributed by atoms with Crippen LogP contribution in [0.3, 0.4) is 0 Å². The predicted molar refractivity (Wildman–Crippen MR) is 82.6 cm³/mol. The van der Waals surface area contributed by atoms with E-state index in [4.69, 9.17) is 32.7 Å². The van der Waals surface area contributed by atoms with E-state index in [1.807, 2.05) is 6.07 Å². The number of ether oxygens (including phenoxy) is 2. The standard InChI is InChI=1S/C15H21Cl2NO2/c16-15(17)6-7-18-13(14-11-19-8-9-20-14)10-12-4-2-1-3-5-12/h1-5,13-15,18H,6-11H2. The lowest BCUT2D eigenvalue weighted by atomic mass is 10.0. The number of benzene rings is 1. The molecule has 0 aromatic heterocycles. The van der Waals surface area contributed by atoms with Crippen molar-refractivity contribution in [2.24, 2.45) is 0 Å².